The second kappa shape index (κ2) is 6.65. The Balaban J connectivity index is 1.41. The summed E-state index contributed by atoms with van der Waals surface area (Å²) in [4.78, 5) is 21.5. The summed E-state index contributed by atoms with van der Waals surface area (Å²) < 4.78 is 6.26. The van der Waals surface area contributed by atoms with E-state index in [0.29, 0.717) is 5.92 Å². The Morgan fingerprint density at radius 2 is 1.41 bits per heavy atom. The van der Waals surface area contributed by atoms with Crippen molar-refractivity contribution in [1.29, 1.82) is 0 Å². The molecule has 3 aromatic rings. The minimum absolute atomic E-state index is 0.00541. The summed E-state index contributed by atoms with van der Waals surface area (Å²) in [5.74, 6) is 0.713. The van der Waals surface area contributed by atoms with Gasteiger partial charge in [0, 0.05) is 22.8 Å². The van der Waals surface area contributed by atoms with Gasteiger partial charge in [-0.15, -0.1) is 0 Å². The number of hydrogen-bond donors (Lipinski definition) is 0. The van der Waals surface area contributed by atoms with Crippen LogP contribution in [0.25, 0.3) is 0 Å². The molecule has 3 aromatic carbocycles. The smallest absolute Gasteiger partial charge is 0.317 e. The highest BCUT2D eigenvalue weighted by molar-refractivity contribution is 5.66. The fraction of sp³-hybridized carbons (Fsp3) is 0.333. The van der Waals surface area contributed by atoms with Crippen LogP contribution in [0.5, 0.6) is 5.75 Å². The van der Waals surface area contributed by atoms with Crippen LogP contribution in [-0.4, -0.2) is 16.0 Å². The van der Waals surface area contributed by atoms with Crippen molar-refractivity contribution in [2.24, 2.45) is 17.3 Å². The van der Waals surface area contributed by atoms with Crippen molar-refractivity contribution >= 4 is 11.4 Å². The first-order valence-electron chi connectivity index (χ1n) is 11.5. The van der Waals surface area contributed by atoms with E-state index in [1.807, 2.05) is 12.1 Å². The molecule has 0 saturated heterocycles. The third kappa shape index (κ3) is 2.18. The van der Waals surface area contributed by atoms with Crippen molar-refractivity contribution in [3.05, 3.63) is 110 Å². The van der Waals surface area contributed by atoms with E-state index in [-0.39, 0.29) is 45.4 Å². The molecule has 3 aliphatic carbocycles. The zero-order valence-electron chi connectivity index (χ0n) is 18.9. The van der Waals surface area contributed by atoms with E-state index < -0.39 is 9.85 Å². The summed E-state index contributed by atoms with van der Waals surface area (Å²) in [6.07, 6.45) is 0.607. The lowest BCUT2D eigenvalue weighted by atomic mass is 9.43. The van der Waals surface area contributed by atoms with Gasteiger partial charge >= 0.3 is 5.69 Å². The molecule has 0 radical (unpaired) electrons. The van der Waals surface area contributed by atoms with Crippen LogP contribution in [0.3, 0.4) is 0 Å². The molecule has 0 N–H and O–H groups in total. The lowest BCUT2D eigenvalue weighted by Gasteiger charge is -2.62. The Hall–Kier alpha value is -3.74. The molecule has 5 atom stereocenters. The molecule has 34 heavy (non-hydrogen) atoms. The molecule has 0 unspecified atom stereocenters. The van der Waals surface area contributed by atoms with E-state index in [4.69, 9.17) is 4.74 Å². The highest BCUT2D eigenvalue weighted by atomic mass is 16.6. The average Bonchev–Trinajstić information content (AvgIpc) is 3.21. The topological polar surface area (TPSA) is 95.5 Å². The monoisotopic (exact) mass is 456 g/mol. The predicted octanol–water partition coefficient (Wildman–Crippen LogP) is 5.82. The fourth-order valence-electron chi connectivity index (χ4n) is 8.05. The molecular weight excluding hydrogens is 432 g/mol. The SMILES string of the molecule is CC1(C)[C@]2(c3ccccc3)[C@H]3[C@@H](Oc4ccc([N+](=O)[O-])cc4[N+](=O)[O-])C[C@@H]3[C@@]12c1ccccc1. The number of rotatable bonds is 6. The molecule has 0 amide bonds. The first-order chi connectivity index (χ1) is 16.3. The second-order valence-electron chi connectivity index (χ2n) is 10.2. The lowest BCUT2D eigenvalue weighted by Crippen LogP contribution is -2.66. The Labute approximate surface area is 196 Å². The molecule has 0 spiro atoms. The number of nitrogens with zero attached hydrogens (tertiary/aromatic N) is 2. The molecule has 172 valence electrons. The number of non-ortho nitro benzene ring substituents is 1. The molecule has 0 aliphatic heterocycles. The minimum Gasteiger partial charge on any atom is -0.483 e. The van der Waals surface area contributed by atoms with E-state index in [1.165, 1.54) is 23.3 Å². The van der Waals surface area contributed by atoms with Gasteiger partial charge < -0.3 is 4.74 Å². The van der Waals surface area contributed by atoms with Gasteiger partial charge in [0.2, 0.25) is 0 Å². The van der Waals surface area contributed by atoms with E-state index in [0.717, 1.165) is 12.5 Å². The van der Waals surface area contributed by atoms with Crippen LogP contribution >= 0.6 is 0 Å². The van der Waals surface area contributed by atoms with Gasteiger partial charge in [-0.2, -0.15) is 0 Å². The number of fused-ring (bicyclic) bond motifs is 4. The van der Waals surface area contributed by atoms with Crippen LogP contribution < -0.4 is 4.74 Å². The average molecular weight is 456 g/mol. The van der Waals surface area contributed by atoms with E-state index >= 15 is 0 Å². The van der Waals surface area contributed by atoms with Gasteiger partial charge in [0.25, 0.3) is 5.69 Å². The maximum Gasteiger partial charge on any atom is 0.317 e. The van der Waals surface area contributed by atoms with E-state index in [1.54, 1.807) is 0 Å². The molecule has 3 fully saturated rings. The van der Waals surface area contributed by atoms with E-state index in [9.17, 15) is 20.2 Å². The van der Waals surface area contributed by atoms with Crippen molar-refractivity contribution in [1.82, 2.24) is 0 Å². The second-order valence-corrected chi connectivity index (χ2v) is 10.2. The number of nitro benzene ring substituents is 2. The molecule has 3 aliphatic rings. The van der Waals surface area contributed by atoms with Crippen LogP contribution in [0.2, 0.25) is 0 Å². The fourth-order valence-corrected chi connectivity index (χ4v) is 8.05. The molecular formula is C27H24N2O5. The van der Waals surface area contributed by atoms with Crippen molar-refractivity contribution in [3.8, 4) is 5.75 Å². The number of benzene rings is 3. The van der Waals surface area contributed by atoms with Crippen LogP contribution in [0.4, 0.5) is 11.4 Å². The van der Waals surface area contributed by atoms with Crippen LogP contribution in [0.15, 0.2) is 78.9 Å². The van der Waals surface area contributed by atoms with Gasteiger partial charge in [-0.1, -0.05) is 74.5 Å². The normalized spacial score (nSPS) is 31.8. The zero-order chi connectivity index (χ0) is 23.9. The highest BCUT2D eigenvalue weighted by Crippen LogP contribution is 2.96. The zero-order valence-corrected chi connectivity index (χ0v) is 18.9. The van der Waals surface area contributed by atoms with Gasteiger partial charge in [-0.3, -0.25) is 20.2 Å². The summed E-state index contributed by atoms with van der Waals surface area (Å²) in [6, 6.07) is 24.8. The Bertz CT molecular complexity index is 1330. The quantitative estimate of drug-likeness (QED) is 0.344. The first-order valence-corrected chi connectivity index (χ1v) is 11.5. The number of nitro groups is 2. The standard InChI is InChI=1S/C27H24N2O5/c1-25(2)26(17-9-5-3-6-10-17)20-16-23(24(20)27(25,26)18-11-7-4-8-12-18)34-22-14-13-19(28(30)31)15-21(22)29(32)33/h3-15,20,23-24H,16H2,1-2H3/t20-,23-,24+,26-,27-/m0/s1. The number of hydrogen-bond acceptors (Lipinski definition) is 5. The highest BCUT2D eigenvalue weighted by Gasteiger charge is 2.99. The third-order valence-electron chi connectivity index (χ3n) is 8.99. The van der Waals surface area contributed by atoms with Crippen molar-refractivity contribution in [2.45, 2.75) is 37.2 Å². The van der Waals surface area contributed by atoms with Crippen molar-refractivity contribution < 1.29 is 14.6 Å². The molecule has 3 saturated carbocycles. The lowest BCUT2D eigenvalue weighted by molar-refractivity contribution is -0.395. The Morgan fingerprint density at radius 3 is 1.97 bits per heavy atom. The third-order valence-corrected chi connectivity index (χ3v) is 8.99. The molecule has 7 nitrogen and oxygen atoms in total. The van der Waals surface area contributed by atoms with Crippen LogP contribution in [0.1, 0.15) is 31.4 Å². The molecule has 0 aromatic heterocycles. The van der Waals surface area contributed by atoms with Gasteiger partial charge in [0.1, 0.15) is 6.10 Å². The summed E-state index contributed by atoms with van der Waals surface area (Å²) in [5.41, 5.74) is 1.77. The molecule has 0 bridgehead atoms. The minimum atomic E-state index is -0.632. The predicted molar refractivity (Wildman–Crippen MR) is 126 cm³/mol. The largest absolute Gasteiger partial charge is 0.483 e. The van der Waals surface area contributed by atoms with Crippen molar-refractivity contribution in [2.75, 3.05) is 0 Å². The van der Waals surface area contributed by atoms with E-state index in [2.05, 4.69) is 62.4 Å². The van der Waals surface area contributed by atoms with Gasteiger partial charge in [0.05, 0.1) is 15.9 Å². The Morgan fingerprint density at radius 1 is 0.824 bits per heavy atom. The molecule has 6 rings (SSSR count). The van der Waals surface area contributed by atoms with Gasteiger partial charge in [-0.05, 0) is 34.9 Å². The maximum absolute atomic E-state index is 11.6. The Kier molecular flexibility index (Phi) is 4.08. The van der Waals surface area contributed by atoms with Crippen molar-refractivity contribution in [3.63, 3.8) is 0 Å². The summed E-state index contributed by atoms with van der Waals surface area (Å²) in [7, 11) is 0. The van der Waals surface area contributed by atoms with Crippen LogP contribution in [0, 0.1) is 37.5 Å². The first kappa shape index (κ1) is 20.8. The van der Waals surface area contributed by atoms with Gasteiger partial charge in [0.15, 0.2) is 5.75 Å². The maximum atomic E-state index is 11.6. The molecule has 0 heterocycles. The van der Waals surface area contributed by atoms with Gasteiger partial charge in [-0.25, -0.2) is 0 Å². The summed E-state index contributed by atoms with van der Waals surface area (Å²) >= 11 is 0. The number of ether oxygens (including phenoxy) is 1. The summed E-state index contributed by atoms with van der Waals surface area (Å²) in [6.45, 7) is 4.66. The summed E-state index contributed by atoms with van der Waals surface area (Å²) in [5, 5.41) is 22.8. The molecule has 7 heteroatoms. The van der Waals surface area contributed by atoms with Crippen LogP contribution in [-0.2, 0) is 10.8 Å².